The van der Waals surface area contributed by atoms with Crippen molar-refractivity contribution in [2.75, 3.05) is 6.61 Å². The van der Waals surface area contributed by atoms with E-state index in [1.165, 1.54) is 16.7 Å². The van der Waals surface area contributed by atoms with E-state index >= 15 is 0 Å². The maximum Gasteiger partial charge on any atom is 0.128 e. The predicted molar refractivity (Wildman–Crippen MR) is 158 cm³/mol. The number of aromatic hydroxyl groups is 2. The van der Waals surface area contributed by atoms with Crippen molar-refractivity contribution < 1.29 is 19.7 Å². The summed E-state index contributed by atoms with van der Waals surface area (Å²) in [5.74, 6) is 1.58. The lowest BCUT2D eigenvalue weighted by atomic mass is 9.90. The second kappa shape index (κ2) is 12.7. The van der Waals surface area contributed by atoms with Crippen LogP contribution in [0.3, 0.4) is 0 Å². The van der Waals surface area contributed by atoms with Crippen LogP contribution in [0.4, 0.5) is 0 Å². The molecule has 0 aliphatic carbocycles. The van der Waals surface area contributed by atoms with Crippen molar-refractivity contribution >= 4 is 12.2 Å². The third kappa shape index (κ3) is 6.80. The van der Waals surface area contributed by atoms with Crippen LogP contribution < -0.4 is 9.47 Å². The average Bonchev–Trinajstić information content (AvgIpc) is 2.89. The van der Waals surface area contributed by atoms with E-state index in [4.69, 9.17) is 9.47 Å². The van der Waals surface area contributed by atoms with Gasteiger partial charge >= 0.3 is 0 Å². The lowest BCUT2D eigenvalue weighted by Gasteiger charge is -2.25. The van der Waals surface area contributed by atoms with Crippen molar-refractivity contribution in [1.29, 1.82) is 0 Å². The molecule has 1 unspecified atom stereocenters. The van der Waals surface area contributed by atoms with Gasteiger partial charge in [0.05, 0.1) is 0 Å². The average molecular weight is 513 g/mol. The maximum atomic E-state index is 10.8. The fourth-order valence-electron chi connectivity index (χ4n) is 4.96. The smallest absolute Gasteiger partial charge is 0.128 e. The normalized spacial score (nSPS) is 16.4. The molecular weight excluding hydrogens is 472 g/mol. The van der Waals surface area contributed by atoms with E-state index in [2.05, 4.69) is 45.9 Å². The second-order valence-corrected chi connectivity index (χ2v) is 10.5. The van der Waals surface area contributed by atoms with Crippen LogP contribution in [-0.4, -0.2) is 22.9 Å². The third-order valence-corrected chi connectivity index (χ3v) is 7.06. The van der Waals surface area contributed by atoms with Gasteiger partial charge in [-0.2, -0.15) is 0 Å². The number of phenolic OH excluding ortho intramolecular Hbond substituents is 2. The van der Waals surface area contributed by atoms with Crippen molar-refractivity contribution in [3.05, 3.63) is 82.5 Å². The first-order valence-electron chi connectivity index (χ1n) is 13.6. The van der Waals surface area contributed by atoms with Gasteiger partial charge in [0.1, 0.15) is 35.7 Å². The zero-order chi connectivity index (χ0) is 27.1. The largest absolute Gasteiger partial charge is 0.507 e. The molecule has 0 fully saturated rings. The number of ether oxygens (including phenoxy) is 2. The Kier molecular flexibility index (Phi) is 9.17. The van der Waals surface area contributed by atoms with E-state index in [1.54, 1.807) is 24.3 Å². The number of rotatable bonds is 10. The van der Waals surface area contributed by atoms with Gasteiger partial charge in [-0.15, -0.1) is 0 Å². The number of benzene rings is 2. The van der Waals surface area contributed by atoms with E-state index in [-0.39, 0.29) is 17.6 Å². The zero-order valence-electron chi connectivity index (χ0n) is 23.1. The van der Waals surface area contributed by atoms with Crippen LogP contribution in [0, 0.1) is 0 Å². The Morgan fingerprint density at radius 1 is 0.789 bits per heavy atom. The fraction of sp³-hybridized carbons (Fsp3) is 0.353. The summed E-state index contributed by atoms with van der Waals surface area (Å²) in [6, 6.07) is 6.80. The second-order valence-electron chi connectivity index (χ2n) is 10.5. The summed E-state index contributed by atoms with van der Waals surface area (Å²) in [7, 11) is 0. The molecule has 0 radical (unpaired) electrons. The SMILES string of the molecule is CC(C)=CCCC(C)=CCCC(C)=CCCC1C=Cc2c(ccc(O)c2-c2c(O)ccc3c2C=CCO3)O1. The van der Waals surface area contributed by atoms with Gasteiger partial charge in [0.25, 0.3) is 0 Å². The van der Waals surface area contributed by atoms with E-state index in [1.807, 2.05) is 24.3 Å². The summed E-state index contributed by atoms with van der Waals surface area (Å²) in [4.78, 5) is 0. The summed E-state index contributed by atoms with van der Waals surface area (Å²) >= 11 is 0. The molecule has 38 heavy (non-hydrogen) atoms. The highest BCUT2D eigenvalue weighted by atomic mass is 16.5. The molecule has 0 amide bonds. The van der Waals surface area contributed by atoms with E-state index in [0.717, 1.165) is 49.7 Å². The third-order valence-electron chi connectivity index (χ3n) is 7.06. The Morgan fingerprint density at radius 3 is 2.08 bits per heavy atom. The molecule has 4 rings (SSSR count). The maximum absolute atomic E-state index is 10.8. The first kappa shape index (κ1) is 27.4. The molecule has 2 aliphatic heterocycles. The number of allylic oxidation sites excluding steroid dienone is 6. The lowest BCUT2D eigenvalue weighted by molar-refractivity contribution is 0.236. The quantitative estimate of drug-likeness (QED) is 0.312. The molecule has 0 spiro atoms. The highest BCUT2D eigenvalue weighted by Gasteiger charge is 2.25. The van der Waals surface area contributed by atoms with E-state index < -0.39 is 0 Å². The Labute approximate surface area is 227 Å². The number of fused-ring (bicyclic) bond motifs is 2. The number of phenols is 2. The molecule has 4 heteroatoms. The molecule has 2 aliphatic rings. The molecule has 0 saturated heterocycles. The summed E-state index contributed by atoms with van der Waals surface area (Å²) in [5, 5.41) is 21.5. The molecule has 4 nitrogen and oxygen atoms in total. The van der Waals surface area contributed by atoms with Gasteiger partial charge in [0.15, 0.2) is 0 Å². The monoisotopic (exact) mass is 512 g/mol. The minimum Gasteiger partial charge on any atom is -0.507 e. The minimum absolute atomic E-state index is 0.0392. The van der Waals surface area contributed by atoms with Gasteiger partial charge in [-0.25, -0.2) is 0 Å². The predicted octanol–water partition coefficient (Wildman–Crippen LogP) is 9.14. The Hall–Kier alpha value is -3.66. The summed E-state index contributed by atoms with van der Waals surface area (Å²) in [5.41, 5.74) is 6.90. The molecule has 2 N–H and O–H groups in total. The van der Waals surface area contributed by atoms with Gasteiger partial charge in [0, 0.05) is 22.3 Å². The van der Waals surface area contributed by atoms with Crippen molar-refractivity contribution in [2.24, 2.45) is 0 Å². The van der Waals surface area contributed by atoms with E-state index in [0.29, 0.717) is 29.2 Å². The minimum atomic E-state index is -0.0392. The molecule has 0 bridgehead atoms. The molecular formula is C34H40O4. The molecule has 2 aromatic rings. The van der Waals surface area contributed by atoms with E-state index in [9.17, 15) is 10.2 Å². The van der Waals surface area contributed by atoms with Crippen molar-refractivity contribution in [2.45, 2.75) is 72.3 Å². The molecule has 1 atom stereocenters. The van der Waals surface area contributed by atoms with Gasteiger partial charge in [-0.3, -0.25) is 0 Å². The van der Waals surface area contributed by atoms with Crippen molar-refractivity contribution in [1.82, 2.24) is 0 Å². The first-order chi connectivity index (χ1) is 18.3. The van der Waals surface area contributed by atoms with Crippen LogP contribution in [0.5, 0.6) is 23.0 Å². The highest BCUT2D eigenvalue weighted by molar-refractivity contribution is 5.92. The fourth-order valence-corrected chi connectivity index (χ4v) is 4.96. The Bertz CT molecular complexity index is 1300. The van der Waals surface area contributed by atoms with Crippen molar-refractivity contribution in [3.63, 3.8) is 0 Å². The van der Waals surface area contributed by atoms with Gasteiger partial charge in [0.2, 0.25) is 0 Å². The Morgan fingerprint density at radius 2 is 1.39 bits per heavy atom. The molecule has 2 heterocycles. The van der Waals surface area contributed by atoms with Gasteiger partial charge < -0.3 is 19.7 Å². The highest BCUT2D eigenvalue weighted by Crippen LogP contribution is 2.48. The van der Waals surface area contributed by atoms with Crippen LogP contribution in [-0.2, 0) is 0 Å². The van der Waals surface area contributed by atoms with Crippen LogP contribution in [0.1, 0.15) is 77.3 Å². The zero-order valence-corrected chi connectivity index (χ0v) is 23.1. The van der Waals surface area contributed by atoms with Gasteiger partial charge in [-0.05, 0) is 103 Å². The van der Waals surface area contributed by atoms with Crippen molar-refractivity contribution in [3.8, 4) is 34.1 Å². The molecule has 200 valence electrons. The number of hydrogen-bond donors (Lipinski definition) is 2. The summed E-state index contributed by atoms with van der Waals surface area (Å²) < 4.78 is 12.0. The molecule has 0 saturated carbocycles. The first-order valence-corrected chi connectivity index (χ1v) is 13.6. The molecule has 0 aromatic heterocycles. The Balaban J connectivity index is 1.38. The topological polar surface area (TPSA) is 58.9 Å². The standard InChI is InChI=1S/C34H40O4/c1-23(2)9-5-10-24(3)11-6-12-25(4)13-7-14-26-16-17-28-32(38-26)21-19-30(36)34(28)33-27-15-8-22-37-31(27)20-18-29(33)35/h8-9,11,13,15-21,26,35-36H,5-7,10,12,14,22H2,1-4H3. The summed E-state index contributed by atoms with van der Waals surface area (Å²) in [6.07, 6.45) is 21.1. The van der Waals surface area contributed by atoms with Crippen LogP contribution in [0.2, 0.25) is 0 Å². The lowest BCUT2D eigenvalue weighted by Crippen LogP contribution is -2.17. The molecule has 2 aromatic carbocycles. The number of hydrogen-bond acceptors (Lipinski definition) is 4. The van der Waals surface area contributed by atoms with Crippen LogP contribution in [0.25, 0.3) is 23.3 Å². The van der Waals surface area contributed by atoms with Crippen LogP contribution >= 0.6 is 0 Å². The van der Waals surface area contributed by atoms with Crippen LogP contribution in [0.15, 0.2) is 71.4 Å². The van der Waals surface area contributed by atoms with Gasteiger partial charge in [-0.1, -0.05) is 47.1 Å². The summed E-state index contributed by atoms with van der Waals surface area (Å²) in [6.45, 7) is 9.23.